The van der Waals surface area contributed by atoms with Crippen molar-refractivity contribution in [3.05, 3.63) is 0 Å². The van der Waals surface area contributed by atoms with Crippen LogP contribution in [0.2, 0.25) is 0 Å². The molecule has 0 aromatic heterocycles. The first-order valence-electron chi connectivity index (χ1n) is 7.11. The van der Waals surface area contributed by atoms with Crippen molar-refractivity contribution in [3.63, 3.8) is 0 Å². The number of amides is 2. The zero-order chi connectivity index (χ0) is 15.0. The van der Waals surface area contributed by atoms with E-state index in [1.807, 2.05) is 6.07 Å². The molecule has 0 radical (unpaired) electrons. The number of carboxylic acid groups (broad SMARTS) is 1. The van der Waals surface area contributed by atoms with Gasteiger partial charge in [0.25, 0.3) is 0 Å². The van der Waals surface area contributed by atoms with Gasteiger partial charge < -0.3 is 15.3 Å². The van der Waals surface area contributed by atoms with Gasteiger partial charge in [-0.1, -0.05) is 25.7 Å². The number of rotatable bonds is 5. The van der Waals surface area contributed by atoms with E-state index in [1.165, 1.54) is 4.90 Å². The van der Waals surface area contributed by atoms with Gasteiger partial charge in [-0.25, -0.2) is 4.79 Å². The Kier molecular flexibility index (Phi) is 6.29. The average Bonchev–Trinajstić information content (AvgIpc) is 2.68. The van der Waals surface area contributed by atoms with Gasteiger partial charge in [-0.3, -0.25) is 4.79 Å². The lowest BCUT2D eigenvalue weighted by Gasteiger charge is -2.29. The summed E-state index contributed by atoms with van der Waals surface area (Å²) in [6.07, 6.45) is 5.41. The summed E-state index contributed by atoms with van der Waals surface area (Å²) >= 11 is 0. The molecule has 1 saturated carbocycles. The highest BCUT2D eigenvalue weighted by Gasteiger charge is 2.39. The lowest BCUT2D eigenvalue weighted by atomic mass is 9.80. The number of nitrogens with one attached hydrogen (secondary N) is 1. The summed E-state index contributed by atoms with van der Waals surface area (Å²) < 4.78 is 0. The van der Waals surface area contributed by atoms with E-state index < -0.39 is 11.4 Å². The molecule has 0 aromatic carbocycles. The fraction of sp³-hybridized carbons (Fsp3) is 0.786. The first-order valence-corrected chi connectivity index (χ1v) is 7.11. The second-order valence-corrected chi connectivity index (χ2v) is 5.49. The van der Waals surface area contributed by atoms with E-state index >= 15 is 0 Å². The van der Waals surface area contributed by atoms with Gasteiger partial charge in [0.1, 0.15) is 0 Å². The Hall–Kier alpha value is -1.77. The standard InChI is InChI=1S/C14H23N3O3/c1-17(10-6-9-15)13(20)16-11-14(12(18)19)7-4-2-3-5-8-14/h2-8,10-11H2,1H3,(H,16,20)(H,18,19). The maximum absolute atomic E-state index is 11.9. The van der Waals surface area contributed by atoms with Crippen molar-refractivity contribution in [1.29, 1.82) is 5.26 Å². The minimum Gasteiger partial charge on any atom is -0.481 e. The van der Waals surface area contributed by atoms with E-state index in [9.17, 15) is 14.7 Å². The summed E-state index contributed by atoms with van der Waals surface area (Å²) in [7, 11) is 1.60. The van der Waals surface area contributed by atoms with Gasteiger partial charge in [0.05, 0.1) is 17.9 Å². The van der Waals surface area contributed by atoms with Crippen LogP contribution in [0.25, 0.3) is 0 Å². The van der Waals surface area contributed by atoms with Gasteiger partial charge in [-0.05, 0) is 12.8 Å². The summed E-state index contributed by atoms with van der Waals surface area (Å²) in [4.78, 5) is 24.8. The second kappa shape index (κ2) is 7.73. The molecule has 1 fully saturated rings. The van der Waals surface area contributed by atoms with Crippen molar-refractivity contribution in [2.75, 3.05) is 20.1 Å². The molecule has 2 amide bonds. The number of hydrogen-bond acceptors (Lipinski definition) is 3. The third-order valence-corrected chi connectivity index (χ3v) is 4.00. The number of carboxylic acids is 1. The second-order valence-electron chi connectivity index (χ2n) is 5.49. The lowest BCUT2D eigenvalue weighted by Crippen LogP contribution is -2.46. The number of hydrogen-bond donors (Lipinski definition) is 2. The van der Waals surface area contributed by atoms with E-state index in [4.69, 9.17) is 5.26 Å². The van der Waals surface area contributed by atoms with Crippen LogP contribution >= 0.6 is 0 Å². The molecule has 20 heavy (non-hydrogen) atoms. The van der Waals surface area contributed by atoms with Crippen LogP contribution in [0.3, 0.4) is 0 Å². The molecule has 112 valence electrons. The third-order valence-electron chi connectivity index (χ3n) is 4.00. The van der Waals surface area contributed by atoms with Crippen molar-refractivity contribution < 1.29 is 14.7 Å². The van der Waals surface area contributed by atoms with Crippen LogP contribution in [0.4, 0.5) is 4.79 Å². The van der Waals surface area contributed by atoms with E-state index in [1.54, 1.807) is 7.05 Å². The Balaban J connectivity index is 2.56. The number of nitrogens with zero attached hydrogens (tertiary/aromatic N) is 2. The lowest BCUT2D eigenvalue weighted by molar-refractivity contribution is -0.149. The Bertz CT molecular complexity index is 382. The monoisotopic (exact) mass is 281 g/mol. The predicted octanol–water partition coefficient (Wildman–Crippen LogP) is 1.97. The number of urea groups is 1. The van der Waals surface area contributed by atoms with Crippen molar-refractivity contribution in [2.24, 2.45) is 5.41 Å². The van der Waals surface area contributed by atoms with Crippen LogP contribution in [0.1, 0.15) is 44.9 Å². The Morgan fingerprint density at radius 2 is 1.90 bits per heavy atom. The van der Waals surface area contributed by atoms with E-state index in [0.29, 0.717) is 19.4 Å². The minimum absolute atomic E-state index is 0.165. The SMILES string of the molecule is CN(CCC#N)C(=O)NCC1(C(=O)O)CCCCCC1. The molecule has 6 heteroatoms. The quantitative estimate of drug-likeness (QED) is 0.753. The molecule has 0 aliphatic heterocycles. The Morgan fingerprint density at radius 1 is 1.30 bits per heavy atom. The fourth-order valence-electron chi connectivity index (χ4n) is 2.57. The molecular weight excluding hydrogens is 258 g/mol. The first-order chi connectivity index (χ1) is 9.52. The van der Waals surface area contributed by atoms with Crippen molar-refractivity contribution in [2.45, 2.75) is 44.9 Å². The summed E-state index contributed by atoms with van der Waals surface area (Å²) in [5.41, 5.74) is -0.831. The molecule has 0 saturated heterocycles. The number of carbonyl (C=O) groups excluding carboxylic acids is 1. The van der Waals surface area contributed by atoms with E-state index in [-0.39, 0.29) is 19.0 Å². The molecule has 2 N–H and O–H groups in total. The van der Waals surface area contributed by atoms with Gasteiger partial charge >= 0.3 is 12.0 Å². The van der Waals surface area contributed by atoms with Gasteiger partial charge in [-0.2, -0.15) is 5.26 Å². The van der Waals surface area contributed by atoms with Crippen LogP contribution in [0.5, 0.6) is 0 Å². The molecule has 1 rings (SSSR count). The molecular formula is C14H23N3O3. The highest BCUT2D eigenvalue weighted by molar-refractivity contribution is 5.78. The van der Waals surface area contributed by atoms with Crippen LogP contribution in [-0.4, -0.2) is 42.1 Å². The van der Waals surface area contributed by atoms with Crippen LogP contribution < -0.4 is 5.32 Å². The van der Waals surface area contributed by atoms with Crippen LogP contribution in [0, 0.1) is 16.7 Å². The summed E-state index contributed by atoms with van der Waals surface area (Å²) in [6, 6.07) is 1.66. The topological polar surface area (TPSA) is 93.4 Å². The van der Waals surface area contributed by atoms with Gasteiger partial charge in [-0.15, -0.1) is 0 Å². The van der Waals surface area contributed by atoms with Crippen molar-refractivity contribution >= 4 is 12.0 Å². The zero-order valence-corrected chi connectivity index (χ0v) is 12.0. The predicted molar refractivity (Wildman–Crippen MR) is 74.0 cm³/mol. The maximum Gasteiger partial charge on any atom is 0.317 e. The molecule has 0 spiro atoms. The molecule has 0 heterocycles. The van der Waals surface area contributed by atoms with Gasteiger partial charge in [0, 0.05) is 20.1 Å². The van der Waals surface area contributed by atoms with E-state index in [2.05, 4.69) is 5.32 Å². The third kappa shape index (κ3) is 4.41. The average molecular weight is 281 g/mol. The Morgan fingerprint density at radius 3 is 2.40 bits per heavy atom. The molecule has 1 aliphatic carbocycles. The highest BCUT2D eigenvalue weighted by Crippen LogP contribution is 2.34. The number of nitriles is 1. The maximum atomic E-state index is 11.9. The number of carbonyl (C=O) groups is 2. The number of aliphatic carboxylic acids is 1. The molecule has 0 bridgehead atoms. The highest BCUT2D eigenvalue weighted by atomic mass is 16.4. The van der Waals surface area contributed by atoms with Crippen LogP contribution in [0.15, 0.2) is 0 Å². The molecule has 0 atom stereocenters. The molecule has 1 aliphatic rings. The normalized spacial score (nSPS) is 17.6. The summed E-state index contributed by atoms with van der Waals surface area (Å²) in [6.45, 7) is 0.514. The molecule has 0 aromatic rings. The molecule has 0 unspecified atom stereocenters. The van der Waals surface area contributed by atoms with Crippen molar-refractivity contribution in [1.82, 2.24) is 10.2 Å². The van der Waals surface area contributed by atoms with Gasteiger partial charge in [0.15, 0.2) is 0 Å². The minimum atomic E-state index is -0.831. The smallest absolute Gasteiger partial charge is 0.317 e. The summed E-state index contributed by atoms with van der Waals surface area (Å²) in [5, 5.41) is 20.7. The van der Waals surface area contributed by atoms with Crippen LogP contribution in [-0.2, 0) is 4.79 Å². The first kappa shape index (κ1) is 16.3. The summed E-state index contributed by atoms with van der Waals surface area (Å²) in [5.74, 6) is -0.820. The van der Waals surface area contributed by atoms with Crippen molar-refractivity contribution in [3.8, 4) is 6.07 Å². The molecule has 6 nitrogen and oxygen atoms in total. The fourth-order valence-corrected chi connectivity index (χ4v) is 2.57. The largest absolute Gasteiger partial charge is 0.481 e. The van der Waals surface area contributed by atoms with E-state index in [0.717, 1.165) is 25.7 Å². The Labute approximate surface area is 119 Å². The van der Waals surface area contributed by atoms with Gasteiger partial charge in [0.2, 0.25) is 0 Å². The zero-order valence-electron chi connectivity index (χ0n) is 12.0.